The van der Waals surface area contributed by atoms with Crippen molar-refractivity contribution in [2.24, 2.45) is 0 Å². The average molecular weight is 427 g/mol. The molecule has 32 heavy (non-hydrogen) atoms. The van der Waals surface area contributed by atoms with Gasteiger partial charge in [0.25, 0.3) is 0 Å². The highest BCUT2D eigenvalue weighted by Crippen LogP contribution is 2.42. The first-order valence-corrected chi connectivity index (χ1v) is 9.87. The van der Waals surface area contributed by atoms with Crippen molar-refractivity contribution in [2.45, 2.75) is 12.5 Å². The van der Waals surface area contributed by atoms with E-state index in [0.717, 1.165) is 0 Å². The molecule has 158 valence electrons. The van der Waals surface area contributed by atoms with Crippen LogP contribution in [0.2, 0.25) is 0 Å². The van der Waals surface area contributed by atoms with Gasteiger partial charge in [0.2, 0.25) is 0 Å². The topological polar surface area (TPSA) is 121 Å². The van der Waals surface area contributed by atoms with Crippen molar-refractivity contribution >= 4 is 28.6 Å². The summed E-state index contributed by atoms with van der Waals surface area (Å²) in [4.78, 5) is 29.8. The van der Waals surface area contributed by atoms with Gasteiger partial charge in [0.1, 0.15) is 17.1 Å². The molecular weight excluding hydrogens is 410 g/mol. The van der Waals surface area contributed by atoms with Crippen LogP contribution in [0.15, 0.2) is 70.0 Å². The van der Waals surface area contributed by atoms with E-state index in [1.54, 1.807) is 42.6 Å². The minimum Gasteiger partial charge on any atom is -0.508 e. The first kappa shape index (κ1) is 19.7. The molecule has 0 amide bonds. The molecule has 5 rings (SSSR count). The number of aliphatic hydroxyl groups is 1. The van der Waals surface area contributed by atoms with E-state index in [9.17, 15) is 24.9 Å². The fourth-order valence-corrected chi connectivity index (χ4v) is 4.13. The minimum absolute atomic E-state index is 0.0188. The van der Waals surface area contributed by atoms with Gasteiger partial charge in [-0.2, -0.15) is 0 Å². The molecule has 4 aromatic rings. The Kier molecular flexibility index (Phi) is 4.61. The van der Waals surface area contributed by atoms with Crippen molar-refractivity contribution in [3.05, 3.63) is 105 Å². The van der Waals surface area contributed by atoms with Gasteiger partial charge in [-0.1, -0.05) is 30.3 Å². The zero-order valence-electron chi connectivity index (χ0n) is 16.6. The van der Waals surface area contributed by atoms with Crippen LogP contribution in [-0.2, 0) is 11.4 Å². The summed E-state index contributed by atoms with van der Waals surface area (Å²) < 4.78 is 6.16. The zero-order chi connectivity index (χ0) is 22.4. The number of carbonyl (C=O) groups is 1. The Morgan fingerprint density at radius 3 is 2.62 bits per heavy atom. The standard InChI is InChI=1S/C25H17NO6/c27-12-14-6-5-13(11-26-14)22-17-4-2-1-3-16(17)19(25(30)31)10-20-23(29)18-8-7-15(28)9-21(18)32-24(20)22/h1-11,22,27-28H,12H2,(H,30,31). The molecule has 0 radical (unpaired) electrons. The summed E-state index contributed by atoms with van der Waals surface area (Å²) in [6, 6.07) is 14.6. The van der Waals surface area contributed by atoms with Crippen molar-refractivity contribution in [3.8, 4) is 5.75 Å². The summed E-state index contributed by atoms with van der Waals surface area (Å²) in [5.74, 6) is -1.59. The first-order chi connectivity index (χ1) is 15.5. The van der Waals surface area contributed by atoms with Crippen LogP contribution < -0.4 is 5.43 Å². The maximum absolute atomic E-state index is 13.4. The van der Waals surface area contributed by atoms with Crippen LogP contribution in [-0.4, -0.2) is 26.3 Å². The van der Waals surface area contributed by atoms with Crippen LogP contribution in [0.1, 0.15) is 39.6 Å². The molecule has 0 aliphatic heterocycles. The number of carboxylic acid groups (broad SMARTS) is 1. The predicted molar refractivity (Wildman–Crippen MR) is 117 cm³/mol. The molecule has 2 aromatic heterocycles. The third-order valence-electron chi connectivity index (χ3n) is 5.63. The number of phenolic OH excluding ortho intramolecular Hbond substituents is 1. The second-order valence-corrected chi connectivity index (χ2v) is 7.51. The lowest BCUT2D eigenvalue weighted by molar-refractivity contribution is -0.130. The molecule has 1 atom stereocenters. The first-order valence-electron chi connectivity index (χ1n) is 9.87. The number of aromatic hydroxyl groups is 1. The molecule has 3 N–H and O–H groups in total. The van der Waals surface area contributed by atoms with Crippen LogP contribution in [0.5, 0.6) is 5.75 Å². The van der Waals surface area contributed by atoms with Gasteiger partial charge in [0, 0.05) is 12.3 Å². The molecule has 1 unspecified atom stereocenters. The second-order valence-electron chi connectivity index (χ2n) is 7.51. The van der Waals surface area contributed by atoms with Gasteiger partial charge < -0.3 is 19.7 Å². The van der Waals surface area contributed by atoms with E-state index >= 15 is 0 Å². The molecule has 7 nitrogen and oxygen atoms in total. The van der Waals surface area contributed by atoms with Crippen molar-refractivity contribution in [1.82, 2.24) is 4.98 Å². The van der Waals surface area contributed by atoms with Crippen LogP contribution in [0, 0.1) is 0 Å². The normalized spacial score (nSPS) is 14.9. The Bertz CT molecular complexity index is 1470. The SMILES string of the molecule is O=C(O)C1=Cc2c(oc3cc(O)ccc3c2=O)C(c2ccc(CO)nc2)c2ccccc21. The number of nitrogens with zero attached hydrogens (tertiary/aromatic N) is 1. The molecule has 0 fully saturated rings. The molecular formula is C25H17NO6. The molecule has 0 saturated heterocycles. The highest BCUT2D eigenvalue weighted by Gasteiger charge is 2.32. The Morgan fingerprint density at radius 1 is 1.09 bits per heavy atom. The van der Waals surface area contributed by atoms with Crippen molar-refractivity contribution in [2.75, 3.05) is 0 Å². The van der Waals surface area contributed by atoms with E-state index in [1.807, 2.05) is 0 Å². The van der Waals surface area contributed by atoms with E-state index in [4.69, 9.17) is 4.42 Å². The predicted octanol–water partition coefficient (Wildman–Crippen LogP) is 3.50. The monoisotopic (exact) mass is 427 g/mol. The Hall–Kier alpha value is -4.23. The van der Waals surface area contributed by atoms with Gasteiger partial charge in [-0.25, -0.2) is 4.79 Å². The van der Waals surface area contributed by atoms with Crippen molar-refractivity contribution in [1.29, 1.82) is 0 Å². The summed E-state index contributed by atoms with van der Waals surface area (Å²) in [5, 5.41) is 29.4. The second kappa shape index (κ2) is 7.47. The number of aliphatic hydroxyl groups excluding tert-OH is 1. The van der Waals surface area contributed by atoms with Gasteiger partial charge in [-0.05, 0) is 41.0 Å². The summed E-state index contributed by atoms with van der Waals surface area (Å²) in [6.45, 7) is -0.220. The van der Waals surface area contributed by atoms with E-state index < -0.39 is 17.3 Å². The lowest BCUT2D eigenvalue weighted by Crippen LogP contribution is -2.13. The third kappa shape index (κ3) is 3.07. The van der Waals surface area contributed by atoms with Gasteiger partial charge in [0.15, 0.2) is 5.43 Å². The lowest BCUT2D eigenvalue weighted by Gasteiger charge is -2.20. The molecule has 7 heteroatoms. The average Bonchev–Trinajstić information content (AvgIpc) is 2.94. The maximum atomic E-state index is 13.4. The molecule has 0 saturated carbocycles. The summed E-state index contributed by atoms with van der Waals surface area (Å²) in [5.41, 5.74) is 2.17. The third-order valence-corrected chi connectivity index (χ3v) is 5.63. The molecule has 1 aliphatic rings. The van der Waals surface area contributed by atoms with Gasteiger partial charge in [-0.15, -0.1) is 0 Å². The van der Waals surface area contributed by atoms with Gasteiger partial charge in [-0.3, -0.25) is 9.78 Å². The zero-order valence-corrected chi connectivity index (χ0v) is 16.6. The number of pyridine rings is 1. The summed E-state index contributed by atoms with van der Waals surface area (Å²) in [7, 11) is 0. The smallest absolute Gasteiger partial charge is 0.336 e. The number of rotatable bonds is 3. The quantitative estimate of drug-likeness (QED) is 0.457. The Morgan fingerprint density at radius 2 is 1.91 bits per heavy atom. The minimum atomic E-state index is -1.16. The maximum Gasteiger partial charge on any atom is 0.336 e. The van der Waals surface area contributed by atoms with Crippen LogP contribution >= 0.6 is 0 Å². The van der Waals surface area contributed by atoms with Crippen molar-refractivity contribution in [3.63, 3.8) is 0 Å². The number of benzene rings is 2. The largest absolute Gasteiger partial charge is 0.508 e. The van der Waals surface area contributed by atoms with E-state index in [0.29, 0.717) is 22.4 Å². The molecule has 2 aromatic carbocycles. The number of aliphatic carboxylic acids is 1. The number of fused-ring (bicyclic) bond motifs is 3. The number of hydrogen-bond acceptors (Lipinski definition) is 6. The van der Waals surface area contributed by atoms with E-state index in [2.05, 4.69) is 4.98 Å². The van der Waals surface area contributed by atoms with Crippen LogP contribution in [0.25, 0.3) is 22.6 Å². The molecule has 2 heterocycles. The summed E-state index contributed by atoms with van der Waals surface area (Å²) >= 11 is 0. The lowest BCUT2D eigenvalue weighted by atomic mass is 9.85. The van der Waals surface area contributed by atoms with E-state index in [-0.39, 0.29) is 40.2 Å². The van der Waals surface area contributed by atoms with E-state index in [1.165, 1.54) is 24.3 Å². The van der Waals surface area contributed by atoms with Gasteiger partial charge in [0.05, 0.1) is 34.7 Å². The molecule has 1 aliphatic carbocycles. The summed E-state index contributed by atoms with van der Waals surface area (Å²) in [6.07, 6.45) is 2.93. The fraction of sp³-hybridized carbons (Fsp3) is 0.0800. The fourth-order valence-electron chi connectivity index (χ4n) is 4.13. The Balaban J connectivity index is 1.91. The van der Waals surface area contributed by atoms with Crippen LogP contribution in [0.4, 0.5) is 0 Å². The number of carboxylic acids is 1. The number of hydrogen-bond donors (Lipinski definition) is 3. The number of aromatic nitrogens is 1. The highest BCUT2D eigenvalue weighted by atomic mass is 16.4. The molecule has 0 spiro atoms. The van der Waals surface area contributed by atoms with Crippen molar-refractivity contribution < 1.29 is 24.5 Å². The molecule has 0 bridgehead atoms. The number of phenols is 1. The van der Waals surface area contributed by atoms with Gasteiger partial charge >= 0.3 is 5.97 Å². The van der Waals surface area contributed by atoms with Crippen LogP contribution in [0.3, 0.4) is 0 Å². The highest BCUT2D eigenvalue weighted by molar-refractivity contribution is 6.21. The Labute approximate surface area is 181 Å².